The van der Waals surface area contributed by atoms with Gasteiger partial charge in [-0.25, -0.2) is 5.43 Å². The molecule has 120 valence electrons. The van der Waals surface area contributed by atoms with Crippen LogP contribution in [0.25, 0.3) is 0 Å². The summed E-state index contributed by atoms with van der Waals surface area (Å²) < 4.78 is 6.74. The number of rotatable bonds is 5. The molecule has 0 aliphatic heterocycles. The summed E-state index contributed by atoms with van der Waals surface area (Å²) in [5.74, 6) is -0.113. The Balaban J connectivity index is 2.13. The van der Waals surface area contributed by atoms with Gasteiger partial charge in [-0.15, -0.1) is 0 Å². The molecule has 0 aliphatic rings. The minimum absolute atomic E-state index is 0.0443. The van der Waals surface area contributed by atoms with Crippen LogP contribution in [-0.2, 0) is 0 Å². The smallest absolute Gasteiger partial charge is 0.272 e. The van der Waals surface area contributed by atoms with Gasteiger partial charge in [-0.1, -0.05) is 15.9 Å². The van der Waals surface area contributed by atoms with Crippen molar-refractivity contribution < 1.29 is 14.6 Å². The maximum atomic E-state index is 11.9. The average molecular weight is 443 g/mol. The third kappa shape index (κ3) is 4.77. The number of phenols is 1. The number of aromatic nitrogens is 1. The molecule has 6 nitrogen and oxygen atoms in total. The predicted molar refractivity (Wildman–Crippen MR) is 94.0 cm³/mol. The molecule has 0 unspecified atom stereocenters. The second-order valence-corrected chi connectivity index (χ2v) is 6.20. The number of hydrogen-bond acceptors (Lipinski definition) is 5. The lowest BCUT2D eigenvalue weighted by molar-refractivity contribution is 0.0954. The average Bonchev–Trinajstić information content (AvgIpc) is 2.51. The first kappa shape index (κ1) is 17.4. The van der Waals surface area contributed by atoms with E-state index in [0.717, 1.165) is 4.47 Å². The number of nitrogens with one attached hydrogen (secondary N) is 1. The lowest BCUT2D eigenvalue weighted by Crippen LogP contribution is -2.17. The number of ether oxygens (including phenoxy) is 1. The van der Waals surface area contributed by atoms with Crippen molar-refractivity contribution in [2.45, 2.75) is 6.92 Å². The van der Waals surface area contributed by atoms with E-state index in [1.165, 1.54) is 12.4 Å². The molecule has 2 aromatic rings. The highest BCUT2D eigenvalue weighted by molar-refractivity contribution is 9.10. The van der Waals surface area contributed by atoms with Gasteiger partial charge in [0.2, 0.25) is 0 Å². The fourth-order valence-electron chi connectivity index (χ4n) is 1.72. The minimum atomic E-state index is -0.408. The Labute approximate surface area is 149 Å². The largest absolute Gasteiger partial charge is 0.504 e. The number of hydrazone groups is 1. The molecule has 8 heteroatoms. The van der Waals surface area contributed by atoms with Crippen LogP contribution >= 0.6 is 31.9 Å². The molecule has 0 saturated carbocycles. The van der Waals surface area contributed by atoms with E-state index < -0.39 is 5.91 Å². The number of amides is 1. The van der Waals surface area contributed by atoms with E-state index in [-0.39, 0.29) is 5.75 Å². The Bertz CT molecular complexity index is 751. The third-order valence-corrected chi connectivity index (χ3v) is 3.60. The summed E-state index contributed by atoms with van der Waals surface area (Å²) in [6.45, 7) is 2.24. The second kappa shape index (κ2) is 8.07. The zero-order chi connectivity index (χ0) is 16.8. The van der Waals surface area contributed by atoms with E-state index in [1.807, 2.05) is 6.92 Å². The third-order valence-electron chi connectivity index (χ3n) is 2.71. The van der Waals surface area contributed by atoms with Gasteiger partial charge in [0.05, 0.1) is 18.4 Å². The predicted octanol–water partition coefficient (Wildman–Crippen LogP) is 3.47. The monoisotopic (exact) mass is 441 g/mol. The number of nitrogens with zero attached hydrogens (tertiary/aromatic N) is 2. The normalized spacial score (nSPS) is 10.7. The molecule has 0 saturated heterocycles. The van der Waals surface area contributed by atoms with Crippen LogP contribution in [0, 0.1) is 0 Å². The van der Waals surface area contributed by atoms with Gasteiger partial charge in [-0.05, 0) is 41.1 Å². The number of carbonyl (C=O) groups is 1. The fourth-order valence-corrected chi connectivity index (χ4v) is 2.54. The summed E-state index contributed by atoms with van der Waals surface area (Å²) in [4.78, 5) is 15.8. The quantitative estimate of drug-likeness (QED) is 0.548. The maximum absolute atomic E-state index is 11.9. The van der Waals surface area contributed by atoms with Crippen molar-refractivity contribution in [2.75, 3.05) is 6.61 Å². The Morgan fingerprint density at radius 3 is 2.83 bits per heavy atom. The topological polar surface area (TPSA) is 83.8 Å². The van der Waals surface area contributed by atoms with Crippen LogP contribution in [0.5, 0.6) is 11.5 Å². The SMILES string of the molecule is CCOc1cc(Br)cc(/C=N\NC(=O)c2cncc(Br)c2)c1O. The minimum Gasteiger partial charge on any atom is -0.504 e. The molecule has 2 N–H and O–H groups in total. The van der Waals surface area contributed by atoms with Gasteiger partial charge < -0.3 is 9.84 Å². The number of hydrogen-bond donors (Lipinski definition) is 2. The lowest BCUT2D eigenvalue weighted by atomic mass is 10.2. The fraction of sp³-hybridized carbons (Fsp3) is 0.133. The van der Waals surface area contributed by atoms with Crippen molar-refractivity contribution in [3.8, 4) is 11.5 Å². The van der Waals surface area contributed by atoms with Gasteiger partial charge in [0.15, 0.2) is 11.5 Å². The van der Waals surface area contributed by atoms with Crippen molar-refractivity contribution >= 4 is 44.0 Å². The van der Waals surface area contributed by atoms with Crippen LogP contribution in [0.15, 0.2) is 44.6 Å². The number of aromatic hydroxyl groups is 1. The molecule has 0 fully saturated rings. The molecule has 1 aromatic carbocycles. The molecule has 23 heavy (non-hydrogen) atoms. The summed E-state index contributed by atoms with van der Waals surface area (Å²) in [5, 5.41) is 13.9. The number of halogens is 2. The van der Waals surface area contributed by atoms with Gasteiger partial charge in [0.25, 0.3) is 5.91 Å². The maximum Gasteiger partial charge on any atom is 0.272 e. The van der Waals surface area contributed by atoms with E-state index >= 15 is 0 Å². The Morgan fingerprint density at radius 2 is 2.13 bits per heavy atom. The summed E-state index contributed by atoms with van der Waals surface area (Å²) in [7, 11) is 0. The zero-order valence-corrected chi connectivity index (χ0v) is 15.3. The highest BCUT2D eigenvalue weighted by Gasteiger charge is 2.09. The zero-order valence-electron chi connectivity index (χ0n) is 12.1. The van der Waals surface area contributed by atoms with Crippen LogP contribution in [0.4, 0.5) is 0 Å². The summed E-state index contributed by atoms with van der Waals surface area (Å²) in [6.07, 6.45) is 4.35. The van der Waals surface area contributed by atoms with E-state index in [1.54, 1.807) is 24.4 Å². The van der Waals surface area contributed by atoms with Crippen LogP contribution in [0.2, 0.25) is 0 Å². The first-order valence-electron chi connectivity index (χ1n) is 6.60. The molecule has 1 heterocycles. The lowest BCUT2D eigenvalue weighted by Gasteiger charge is -2.08. The van der Waals surface area contributed by atoms with Gasteiger partial charge in [0.1, 0.15) is 0 Å². The van der Waals surface area contributed by atoms with E-state index in [2.05, 4.69) is 47.4 Å². The Hall–Kier alpha value is -1.93. The van der Waals surface area contributed by atoms with Gasteiger partial charge >= 0.3 is 0 Å². The summed E-state index contributed by atoms with van der Waals surface area (Å²) in [5.41, 5.74) is 3.15. The Morgan fingerprint density at radius 1 is 1.35 bits per heavy atom. The van der Waals surface area contributed by atoms with Crippen molar-refractivity contribution in [2.24, 2.45) is 5.10 Å². The Kier molecular flexibility index (Phi) is 6.12. The highest BCUT2D eigenvalue weighted by atomic mass is 79.9. The first-order chi connectivity index (χ1) is 11.0. The highest BCUT2D eigenvalue weighted by Crippen LogP contribution is 2.32. The molecular formula is C15H13Br2N3O3. The van der Waals surface area contributed by atoms with Crippen LogP contribution in [-0.4, -0.2) is 28.8 Å². The van der Waals surface area contributed by atoms with Crippen molar-refractivity contribution in [3.63, 3.8) is 0 Å². The molecule has 0 atom stereocenters. The molecule has 0 radical (unpaired) electrons. The van der Waals surface area contributed by atoms with Crippen molar-refractivity contribution in [1.82, 2.24) is 10.4 Å². The van der Waals surface area contributed by atoms with E-state index in [9.17, 15) is 9.90 Å². The molecule has 2 rings (SSSR count). The number of phenolic OH excluding ortho intramolecular Hbond substituents is 1. The summed E-state index contributed by atoms with van der Waals surface area (Å²) in [6, 6.07) is 4.94. The molecular weight excluding hydrogens is 430 g/mol. The first-order valence-corrected chi connectivity index (χ1v) is 8.19. The number of carbonyl (C=O) groups excluding carboxylic acids is 1. The van der Waals surface area contributed by atoms with Crippen molar-refractivity contribution in [3.05, 3.63) is 50.7 Å². The molecule has 0 bridgehead atoms. The van der Waals surface area contributed by atoms with Crippen molar-refractivity contribution in [1.29, 1.82) is 0 Å². The van der Waals surface area contributed by atoms with Crippen LogP contribution in [0.3, 0.4) is 0 Å². The van der Waals surface area contributed by atoms with Crippen LogP contribution in [0.1, 0.15) is 22.8 Å². The molecule has 0 spiro atoms. The van der Waals surface area contributed by atoms with Gasteiger partial charge in [-0.2, -0.15) is 5.10 Å². The van der Waals surface area contributed by atoms with E-state index in [0.29, 0.717) is 28.0 Å². The van der Waals surface area contributed by atoms with Gasteiger partial charge in [-0.3, -0.25) is 9.78 Å². The molecule has 1 aromatic heterocycles. The van der Waals surface area contributed by atoms with Crippen LogP contribution < -0.4 is 10.2 Å². The summed E-state index contributed by atoms with van der Waals surface area (Å²) >= 11 is 6.57. The standard InChI is InChI=1S/C15H13Br2N3O3/c1-2-23-13-5-11(16)3-9(14(13)21)7-19-20-15(22)10-4-12(17)8-18-6-10/h3-8,21H,2H2,1H3,(H,20,22)/b19-7-. The number of pyridine rings is 1. The molecule has 0 aliphatic carbocycles. The number of benzene rings is 1. The van der Waals surface area contributed by atoms with E-state index in [4.69, 9.17) is 4.74 Å². The molecule has 1 amide bonds. The second-order valence-electron chi connectivity index (χ2n) is 4.37. The van der Waals surface area contributed by atoms with Gasteiger partial charge in [0, 0.05) is 26.9 Å².